The first-order valence-corrected chi connectivity index (χ1v) is 10.8. The zero-order valence-electron chi connectivity index (χ0n) is 14.4. The van der Waals surface area contributed by atoms with E-state index in [1.807, 2.05) is 16.8 Å². The Morgan fingerprint density at radius 3 is 2.65 bits per heavy atom. The minimum atomic E-state index is -3.56. The average Bonchev–Trinajstić information content (AvgIpc) is 3.24. The molecule has 1 amide bonds. The maximum Gasteiger partial charge on any atom is 0.267 e. The number of rotatable bonds is 5. The van der Waals surface area contributed by atoms with Gasteiger partial charge in [-0.3, -0.25) is 4.79 Å². The fourth-order valence-electron chi connectivity index (χ4n) is 2.25. The van der Waals surface area contributed by atoms with Gasteiger partial charge in [-0.1, -0.05) is 6.07 Å². The molecule has 2 heterocycles. The molecule has 9 heteroatoms. The van der Waals surface area contributed by atoms with Crippen LogP contribution in [0.5, 0.6) is 0 Å². The number of amides is 1. The highest BCUT2D eigenvalue weighted by Gasteiger charge is 2.19. The molecule has 6 nitrogen and oxygen atoms in total. The molecule has 1 N–H and O–H groups in total. The number of nitrogens with zero attached hydrogens (tertiary/aromatic N) is 2. The molecule has 0 fully saturated rings. The summed E-state index contributed by atoms with van der Waals surface area (Å²) in [6.07, 6.45) is 0. The number of anilines is 1. The highest BCUT2D eigenvalue weighted by Crippen LogP contribution is 2.30. The van der Waals surface area contributed by atoms with Gasteiger partial charge in [-0.15, -0.1) is 11.3 Å². The highest BCUT2D eigenvalue weighted by atomic mass is 32.2. The third kappa shape index (κ3) is 3.70. The summed E-state index contributed by atoms with van der Waals surface area (Å²) >= 11 is 2.89. The second kappa shape index (κ2) is 7.28. The van der Waals surface area contributed by atoms with E-state index in [2.05, 4.69) is 10.3 Å². The number of benzene rings is 1. The van der Waals surface area contributed by atoms with Crippen LogP contribution in [0, 0.1) is 6.92 Å². The molecule has 1 aromatic carbocycles. The van der Waals surface area contributed by atoms with Crippen molar-refractivity contribution in [1.82, 2.24) is 9.29 Å². The third-order valence-electron chi connectivity index (χ3n) is 3.64. The Morgan fingerprint density at radius 1 is 1.23 bits per heavy atom. The van der Waals surface area contributed by atoms with Crippen LogP contribution in [0.3, 0.4) is 0 Å². The Balaban J connectivity index is 1.85. The van der Waals surface area contributed by atoms with Gasteiger partial charge in [-0.2, -0.15) is 11.3 Å². The van der Waals surface area contributed by atoms with Crippen LogP contribution in [-0.2, 0) is 10.0 Å². The minimum Gasteiger partial charge on any atom is -0.321 e. The van der Waals surface area contributed by atoms with Crippen LogP contribution in [-0.4, -0.2) is 37.7 Å². The lowest BCUT2D eigenvalue weighted by Crippen LogP contribution is -2.22. The predicted octanol–water partition coefficient (Wildman–Crippen LogP) is 3.68. The molecule has 0 aliphatic rings. The van der Waals surface area contributed by atoms with Crippen LogP contribution >= 0.6 is 22.7 Å². The standard InChI is InChI=1S/C17H17N3O3S3/c1-11-15(25-17(18-11)12-7-8-24-10-12)16(21)19-13-5-4-6-14(9-13)26(22,23)20(2)3/h4-10H,1-3H3,(H,19,21). The van der Waals surface area contributed by atoms with Gasteiger partial charge in [0.25, 0.3) is 5.91 Å². The van der Waals surface area contributed by atoms with Crippen molar-refractivity contribution in [3.63, 3.8) is 0 Å². The van der Waals surface area contributed by atoms with E-state index < -0.39 is 10.0 Å². The van der Waals surface area contributed by atoms with Crippen molar-refractivity contribution in [2.45, 2.75) is 11.8 Å². The number of carbonyl (C=O) groups is 1. The van der Waals surface area contributed by atoms with E-state index in [-0.39, 0.29) is 10.8 Å². The van der Waals surface area contributed by atoms with Crippen molar-refractivity contribution in [2.75, 3.05) is 19.4 Å². The smallest absolute Gasteiger partial charge is 0.267 e. The number of aryl methyl sites for hydroxylation is 1. The van der Waals surface area contributed by atoms with Crippen molar-refractivity contribution in [3.8, 4) is 10.6 Å². The van der Waals surface area contributed by atoms with Crippen LogP contribution in [0.25, 0.3) is 10.6 Å². The molecule has 0 bridgehead atoms. The zero-order chi connectivity index (χ0) is 18.9. The van der Waals surface area contributed by atoms with E-state index in [1.54, 1.807) is 30.4 Å². The Kier molecular flexibility index (Phi) is 5.24. The fraction of sp³-hybridized carbons (Fsp3) is 0.176. The fourth-order valence-corrected chi connectivity index (χ4v) is 4.87. The maximum atomic E-state index is 12.6. The van der Waals surface area contributed by atoms with E-state index in [0.717, 1.165) is 14.9 Å². The Hall–Kier alpha value is -2.07. The monoisotopic (exact) mass is 407 g/mol. The number of hydrogen-bond donors (Lipinski definition) is 1. The molecule has 0 unspecified atom stereocenters. The van der Waals surface area contributed by atoms with Gasteiger partial charge in [0, 0.05) is 30.7 Å². The van der Waals surface area contributed by atoms with Crippen LogP contribution in [0.4, 0.5) is 5.69 Å². The number of nitrogens with one attached hydrogen (secondary N) is 1. The second-order valence-corrected chi connectivity index (χ2v) is 9.65. The number of hydrogen-bond acceptors (Lipinski definition) is 6. The molecule has 0 spiro atoms. The highest BCUT2D eigenvalue weighted by molar-refractivity contribution is 7.89. The number of thiophene rings is 1. The first kappa shape index (κ1) is 18.7. The first-order valence-electron chi connectivity index (χ1n) is 7.63. The van der Waals surface area contributed by atoms with E-state index in [9.17, 15) is 13.2 Å². The van der Waals surface area contributed by atoms with Gasteiger partial charge in [0.15, 0.2) is 0 Å². The number of sulfonamides is 1. The molecule has 0 atom stereocenters. The van der Waals surface area contributed by atoms with Crippen LogP contribution in [0.1, 0.15) is 15.4 Å². The number of carbonyl (C=O) groups excluding carboxylic acids is 1. The largest absolute Gasteiger partial charge is 0.321 e. The van der Waals surface area contributed by atoms with Crippen molar-refractivity contribution in [3.05, 3.63) is 51.7 Å². The summed E-state index contributed by atoms with van der Waals surface area (Å²) in [6.45, 7) is 1.79. The van der Waals surface area contributed by atoms with Crippen molar-refractivity contribution < 1.29 is 13.2 Å². The zero-order valence-corrected chi connectivity index (χ0v) is 16.8. The van der Waals surface area contributed by atoms with Gasteiger partial charge in [0.1, 0.15) is 9.88 Å². The Labute approximate surface area is 160 Å². The summed E-state index contributed by atoms with van der Waals surface area (Å²) in [5.41, 5.74) is 2.05. The second-order valence-electron chi connectivity index (χ2n) is 5.71. The summed E-state index contributed by atoms with van der Waals surface area (Å²) < 4.78 is 25.6. The maximum absolute atomic E-state index is 12.6. The van der Waals surface area contributed by atoms with Crippen LogP contribution in [0.2, 0.25) is 0 Å². The number of aromatic nitrogens is 1. The van der Waals surface area contributed by atoms with E-state index in [4.69, 9.17) is 0 Å². The topological polar surface area (TPSA) is 79.4 Å². The molecule has 0 aliphatic carbocycles. The molecule has 0 saturated carbocycles. The molecular weight excluding hydrogens is 390 g/mol. The lowest BCUT2D eigenvalue weighted by molar-refractivity contribution is 0.102. The molecule has 3 aromatic rings. The summed E-state index contributed by atoms with van der Waals surface area (Å²) in [5, 5.41) is 7.49. The van der Waals surface area contributed by atoms with Crippen molar-refractivity contribution in [1.29, 1.82) is 0 Å². The predicted molar refractivity (Wildman–Crippen MR) is 105 cm³/mol. The summed E-state index contributed by atoms with van der Waals surface area (Å²) in [5.74, 6) is -0.305. The van der Waals surface area contributed by atoms with Gasteiger partial charge >= 0.3 is 0 Å². The van der Waals surface area contributed by atoms with E-state index in [1.165, 1.54) is 37.6 Å². The van der Waals surface area contributed by atoms with E-state index >= 15 is 0 Å². The lowest BCUT2D eigenvalue weighted by Gasteiger charge is -2.12. The molecule has 0 saturated heterocycles. The van der Waals surface area contributed by atoms with Gasteiger partial charge in [-0.05, 0) is 36.6 Å². The van der Waals surface area contributed by atoms with Gasteiger partial charge in [0.05, 0.1) is 10.6 Å². The summed E-state index contributed by atoms with van der Waals surface area (Å²) in [4.78, 5) is 17.7. The summed E-state index contributed by atoms with van der Waals surface area (Å²) in [7, 11) is -0.629. The first-order chi connectivity index (χ1) is 12.3. The van der Waals surface area contributed by atoms with Crippen molar-refractivity contribution >= 4 is 44.3 Å². The SMILES string of the molecule is Cc1nc(-c2ccsc2)sc1C(=O)Nc1cccc(S(=O)(=O)N(C)C)c1. The minimum absolute atomic E-state index is 0.125. The quantitative estimate of drug-likeness (QED) is 0.700. The normalized spacial score (nSPS) is 11.7. The molecule has 3 rings (SSSR count). The molecule has 0 aliphatic heterocycles. The average molecular weight is 408 g/mol. The van der Waals surface area contributed by atoms with Crippen LogP contribution in [0.15, 0.2) is 46.0 Å². The Bertz CT molecular complexity index is 1040. The molecular formula is C17H17N3O3S3. The van der Waals surface area contributed by atoms with Crippen LogP contribution < -0.4 is 5.32 Å². The van der Waals surface area contributed by atoms with Gasteiger partial charge < -0.3 is 5.32 Å². The molecule has 0 radical (unpaired) electrons. The molecule has 2 aromatic heterocycles. The summed E-state index contributed by atoms with van der Waals surface area (Å²) in [6, 6.07) is 8.16. The van der Waals surface area contributed by atoms with Crippen molar-refractivity contribution in [2.24, 2.45) is 0 Å². The van der Waals surface area contributed by atoms with Gasteiger partial charge in [-0.25, -0.2) is 17.7 Å². The third-order valence-corrected chi connectivity index (χ3v) is 7.34. The number of thiazole rings is 1. The van der Waals surface area contributed by atoms with Gasteiger partial charge in [0.2, 0.25) is 10.0 Å². The molecule has 26 heavy (non-hydrogen) atoms. The van der Waals surface area contributed by atoms with E-state index in [0.29, 0.717) is 16.3 Å². The lowest BCUT2D eigenvalue weighted by atomic mass is 10.3. The molecule has 136 valence electrons. The Morgan fingerprint density at radius 2 is 2.00 bits per heavy atom.